The quantitative estimate of drug-likeness (QED) is 0.0142. The van der Waals surface area contributed by atoms with Crippen molar-refractivity contribution >= 4 is 79.8 Å². The number of benzene rings is 3. The Balaban J connectivity index is 0.000000201. The maximum Gasteiger partial charge on any atom is 0.514 e. The highest BCUT2D eigenvalue weighted by Gasteiger charge is 2.70. The lowest BCUT2D eigenvalue weighted by Crippen LogP contribution is -2.66. The van der Waals surface area contributed by atoms with Crippen LogP contribution in [0.1, 0.15) is 152 Å². The minimum atomic E-state index is -3.64. The van der Waals surface area contributed by atoms with Gasteiger partial charge in [-0.2, -0.15) is 27.5 Å². The number of methoxy groups -OCH3 is 2. The molecule has 7 aromatic rings. The highest BCUT2D eigenvalue weighted by molar-refractivity contribution is 6.84. The van der Waals surface area contributed by atoms with Crippen LogP contribution in [0.15, 0.2) is 104 Å². The number of alkyl halides is 4. The Morgan fingerprint density at radius 3 is 1.50 bits per heavy atom. The second-order valence-electron chi connectivity index (χ2n) is 30.0. The molecule has 11 rings (SSSR count). The molecule has 29 nitrogen and oxygen atoms in total. The minimum absolute atomic E-state index is 0.0118. The van der Waals surface area contributed by atoms with Crippen molar-refractivity contribution in [2.75, 3.05) is 33.2 Å². The standard InChI is InChI=1S/C34H48F2N2O10Si2.C21H37F2N3O5Si2.C18H15NO8/c1-19(2)49(20(3)4)44-18-28-31(47-50(48-49,21(5)6)22(7)8)34(35,36)32(46-28)38-11-10-25(37-33(38)41)15-29(40)43-17-27-13-23-12-26(42-9)14-24(16-39)30(23)45-27;1-12(2)32(13(3)4)28-11-16-18(30-33(31-32,14(5)6)15(7)8)21(22,23)19(29-16)26-10-9-17(24)25-20(26)27;1-24-16-7-11(9-20)6-12-8-15(26-17(12)16)10-25-18(21)27-14-4-2-13(3-5-14)19(22)23/h10-14,19-22,28,31-32,39H,15-18H2,1-9H3;9-10,12-16,18-19H,11H2,1-8H3,(H2,24,25,27);2-8,20H,9-10H2,1H3/t28-,31-,32-;16-,18-,19-;/m11./s1. The van der Waals surface area contributed by atoms with Gasteiger partial charge in [-0.15, -0.1) is 0 Å². The first-order valence-corrected chi connectivity index (χ1v) is 44.2. The summed E-state index contributed by atoms with van der Waals surface area (Å²) in [4.78, 5) is 67.6. The van der Waals surface area contributed by atoms with Crippen molar-refractivity contribution in [1.29, 1.82) is 0 Å². The van der Waals surface area contributed by atoms with E-state index in [9.17, 15) is 39.5 Å². The molecule has 4 fully saturated rings. The maximum atomic E-state index is 16.4. The third-order valence-corrected chi connectivity index (χ3v) is 40.6. The number of aliphatic hydroxyl groups is 2. The number of non-ortho nitro benzene ring substituents is 1. The van der Waals surface area contributed by atoms with Crippen LogP contribution in [-0.4, -0.2) is 144 Å². The molecule has 0 amide bonds. The van der Waals surface area contributed by atoms with Gasteiger partial charge in [-0.3, -0.25) is 24.0 Å². The second-order valence-corrected chi connectivity index (χ2v) is 47.7. The van der Waals surface area contributed by atoms with E-state index in [0.717, 1.165) is 15.3 Å². The molecule has 0 spiro atoms. The van der Waals surface area contributed by atoms with E-state index in [-0.39, 0.29) is 113 Å². The van der Waals surface area contributed by atoms with Crippen molar-refractivity contribution < 1.29 is 110 Å². The molecular formula is C73H100F4N6O23Si4. The zero-order chi connectivity index (χ0) is 81.1. The number of aromatic nitrogens is 4. The highest BCUT2D eigenvalue weighted by atomic mass is 28.5. The van der Waals surface area contributed by atoms with E-state index in [4.69, 9.17) is 73.7 Å². The number of nitrogen functional groups attached to an aromatic ring is 1. The summed E-state index contributed by atoms with van der Waals surface area (Å²) in [6, 6.07) is 17.7. The van der Waals surface area contributed by atoms with Crippen LogP contribution >= 0.6 is 0 Å². The van der Waals surface area contributed by atoms with Crippen molar-refractivity contribution in [3.8, 4) is 17.2 Å². The van der Waals surface area contributed by atoms with E-state index in [2.05, 4.69) is 37.7 Å². The van der Waals surface area contributed by atoms with Crippen molar-refractivity contribution in [2.24, 2.45) is 0 Å². The summed E-state index contributed by atoms with van der Waals surface area (Å²) < 4.78 is 155. The van der Waals surface area contributed by atoms with Crippen LogP contribution in [0.25, 0.3) is 21.9 Å². The molecule has 0 saturated carbocycles. The predicted octanol–water partition coefficient (Wildman–Crippen LogP) is 14.1. The van der Waals surface area contributed by atoms with Crippen molar-refractivity contribution in [3.05, 3.63) is 145 Å². The van der Waals surface area contributed by atoms with Gasteiger partial charge in [0.25, 0.3) is 5.69 Å². The Hall–Kier alpha value is -7.77. The smallest absolute Gasteiger partial charge is 0.497 e. The number of nitrogens with zero attached hydrogens (tertiary/aromatic N) is 5. The number of hydrogen-bond donors (Lipinski definition) is 3. The zero-order valence-corrected chi connectivity index (χ0v) is 68.9. The number of nitrogens with two attached hydrogens (primary N) is 1. The molecule has 0 bridgehead atoms. The summed E-state index contributed by atoms with van der Waals surface area (Å²) in [5.74, 6) is -6.13. The molecule has 0 unspecified atom stereocenters. The van der Waals surface area contributed by atoms with Crippen LogP contribution in [0.5, 0.6) is 17.2 Å². The number of anilines is 1. The Morgan fingerprint density at radius 2 is 1.06 bits per heavy atom. The molecule has 110 heavy (non-hydrogen) atoms. The lowest BCUT2D eigenvalue weighted by Gasteiger charge is -2.51. The van der Waals surface area contributed by atoms with E-state index in [1.807, 2.05) is 83.1 Å². The molecule has 0 radical (unpaired) electrons. The fourth-order valence-electron chi connectivity index (χ4n) is 14.4. The Kier molecular flexibility index (Phi) is 27.2. The third kappa shape index (κ3) is 17.7. The summed E-state index contributed by atoms with van der Waals surface area (Å²) in [5.41, 5.74) is 5.20. The van der Waals surface area contributed by atoms with Crippen molar-refractivity contribution in [3.63, 3.8) is 0 Å². The van der Waals surface area contributed by atoms with Gasteiger partial charge < -0.3 is 83.9 Å². The SMILES string of the molecule is CC(C)[Si]1(C(C)C)OC[C@H]2O[C@@H](n3ccc(N)nc3=O)C(F)(F)[C@@H]2O[Si](C(C)C)(C(C)C)O1.COc1cc(CO)c2oc(COC(=O)Cc3ccn([C@@H]4O[C@@H]5CO[Si](C(C)C)(C(C)C)O[Si](C(C)C)(C(C)C)O[C@H]5C4(F)F)c(=O)n3)cc2c1.COc1cc(CO)cc2cc(COC(=O)Oc3ccc([N+](=O)[O-])cc3)oc12. The zero-order valence-electron chi connectivity index (χ0n) is 64.9. The topological polar surface area (TPSA) is 360 Å². The maximum absolute atomic E-state index is 16.4. The van der Waals surface area contributed by atoms with E-state index >= 15 is 17.6 Å². The summed E-state index contributed by atoms with van der Waals surface area (Å²) in [7, 11) is -9.54. The molecule has 604 valence electrons. The first-order chi connectivity index (χ1) is 51.7. The number of nitro benzene ring substituents is 1. The molecule has 37 heteroatoms. The van der Waals surface area contributed by atoms with E-state index in [1.54, 1.807) is 36.4 Å². The number of nitro groups is 1. The van der Waals surface area contributed by atoms with E-state index < -0.39 is 111 Å². The van der Waals surface area contributed by atoms with Crippen LogP contribution < -0.4 is 31.3 Å². The van der Waals surface area contributed by atoms with Gasteiger partial charge in [0.2, 0.25) is 12.5 Å². The van der Waals surface area contributed by atoms with Crippen molar-refractivity contribution in [1.82, 2.24) is 19.1 Å². The number of carbonyl (C=O) groups is 2. The fraction of sp³-hybridized carbons (Fsp3) is 0.562. The molecule has 4 aliphatic rings. The lowest BCUT2D eigenvalue weighted by atomic mass is 10.1. The van der Waals surface area contributed by atoms with Gasteiger partial charge in [0.1, 0.15) is 65.4 Å². The Labute approximate surface area is 637 Å². The first kappa shape index (κ1) is 86.2. The number of carbonyl (C=O) groups excluding carboxylic acids is 2. The molecule has 4 N–H and O–H groups in total. The molecular weight excluding hydrogens is 1520 g/mol. The summed E-state index contributed by atoms with van der Waals surface area (Å²) in [5, 5.41) is 30.9. The molecule has 4 saturated heterocycles. The third-order valence-electron chi connectivity index (χ3n) is 20.1. The van der Waals surface area contributed by atoms with E-state index in [0.29, 0.717) is 56.1 Å². The van der Waals surface area contributed by atoms with Gasteiger partial charge in [0.15, 0.2) is 17.9 Å². The second kappa shape index (κ2) is 34.7. The summed E-state index contributed by atoms with van der Waals surface area (Å²) in [6.45, 7) is 30.8. The molecule has 8 heterocycles. The van der Waals surface area contributed by atoms with Gasteiger partial charge in [-0.25, -0.2) is 14.4 Å². The number of aliphatic hydroxyl groups excluding tert-OH is 2. The van der Waals surface area contributed by atoms with Crippen LogP contribution in [0.4, 0.5) is 33.9 Å². The largest absolute Gasteiger partial charge is 0.514 e. The van der Waals surface area contributed by atoms with Gasteiger partial charge >= 0.3 is 69.6 Å². The number of furan rings is 2. The normalized spacial score (nSPS) is 21.7. The fourth-order valence-corrected chi connectivity index (χ4v) is 36.8. The number of fused-ring (bicyclic) bond motifs is 4. The molecule has 4 aromatic heterocycles. The van der Waals surface area contributed by atoms with Crippen LogP contribution in [0, 0.1) is 10.1 Å². The monoisotopic (exact) mass is 1620 g/mol. The van der Waals surface area contributed by atoms with Crippen molar-refractivity contribution in [2.45, 2.75) is 237 Å². The van der Waals surface area contributed by atoms with Crippen LogP contribution in [0.2, 0.25) is 44.3 Å². The summed E-state index contributed by atoms with van der Waals surface area (Å²) >= 11 is 0. The first-order valence-electron chi connectivity index (χ1n) is 36.4. The number of halogens is 4. The molecule has 4 aliphatic heterocycles. The van der Waals surface area contributed by atoms with Gasteiger partial charge in [0, 0.05) is 40.9 Å². The lowest BCUT2D eigenvalue weighted by molar-refractivity contribution is -0.384. The van der Waals surface area contributed by atoms with Gasteiger partial charge in [-0.05, 0) is 111 Å². The molecule has 0 aliphatic carbocycles. The Morgan fingerprint density at radius 1 is 0.600 bits per heavy atom. The average Bonchev–Trinajstić information content (AvgIpc) is 1.53. The number of hydrogen-bond acceptors (Lipinski definition) is 26. The highest BCUT2D eigenvalue weighted by Crippen LogP contribution is 2.55. The van der Waals surface area contributed by atoms with Gasteiger partial charge in [0.05, 0.1) is 57.7 Å². The number of ether oxygens (including phenoxy) is 7. The molecule has 6 atom stereocenters. The minimum Gasteiger partial charge on any atom is -0.497 e. The van der Waals surface area contributed by atoms with Crippen LogP contribution in [-0.2, 0) is 82.5 Å². The number of rotatable bonds is 22. The average molecular weight is 1620 g/mol. The number of esters is 1. The van der Waals surface area contributed by atoms with Gasteiger partial charge in [-0.1, -0.05) is 111 Å². The summed E-state index contributed by atoms with van der Waals surface area (Å²) in [6.07, 6.45) is -8.50. The molecule has 3 aromatic carbocycles. The van der Waals surface area contributed by atoms with E-state index in [1.165, 1.54) is 56.8 Å². The Bertz CT molecular complexity index is 4470. The van der Waals surface area contributed by atoms with Crippen LogP contribution in [0.3, 0.4) is 0 Å². The predicted molar refractivity (Wildman–Crippen MR) is 402 cm³/mol.